The van der Waals surface area contributed by atoms with Gasteiger partial charge in [0.05, 0.1) is 6.61 Å². The zero-order valence-electron chi connectivity index (χ0n) is 10.9. The average molecular weight is 233 g/mol. The fraction of sp³-hybridized carbons (Fsp3) is 0.600. The van der Waals surface area contributed by atoms with Crippen LogP contribution in [0, 0.1) is 11.8 Å². The maximum absolute atomic E-state index is 5.69. The molecule has 1 saturated heterocycles. The lowest BCUT2D eigenvalue weighted by molar-refractivity contribution is 0.267. The first kappa shape index (κ1) is 12.4. The maximum Gasteiger partial charge on any atom is 0.122 e. The lowest BCUT2D eigenvalue weighted by atomic mass is 9.83. The van der Waals surface area contributed by atoms with Crippen LogP contribution in [0.4, 0.5) is 0 Å². The number of rotatable bonds is 4. The van der Waals surface area contributed by atoms with Gasteiger partial charge >= 0.3 is 0 Å². The molecule has 0 saturated carbocycles. The van der Waals surface area contributed by atoms with Gasteiger partial charge in [0.15, 0.2) is 0 Å². The fourth-order valence-corrected chi connectivity index (χ4v) is 2.58. The van der Waals surface area contributed by atoms with Gasteiger partial charge in [0.25, 0.3) is 0 Å². The first-order valence-corrected chi connectivity index (χ1v) is 6.72. The summed E-state index contributed by atoms with van der Waals surface area (Å²) in [5.74, 6) is 2.61. The predicted molar refractivity (Wildman–Crippen MR) is 71.5 cm³/mol. The largest absolute Gasteiger partial charge is 0.494 e. The predicted octanol–water partition coefficient (Wildman–Crippen LogP) is 2.87. The molecule has 0 spiro atoms. The third-order valence-corrected chi connectivity index (χ3v) is 3.74. The molecule has 0 radical (unpaired) electrons. The molecule has 94 valence electrons. The summed E-state index contributed by atoms with van der Waals surface area (Å²) in [7, 11) is 0. The Labute approximate surface area is 104 Å². The van der Waals surface area contributed by atoms with Crippen LogP contribution in [0.3, 0.4) is 0 Å². The lowest BCUT2D eigenvalue weighted by Gasteiger charge is -2.30. The van der Waals surface area contributed by atoms with Crippen LogP contribution in [0.1, 0.15) is 25.8 Å². The minimum absolute atomic E-state index is 0.741. The van der Waals surface area contributed by atoms with Crippen molar-refractivity contribution >= 4 is 0 Å². The highest BCUT2D eigenvalue weighted by molar-refractivity contribution is 5.33. The number of hydrogen-bond donors (Lipinski definition) is 1. The molecule has 1 aliphatic heterocycles. The lowest BCUT2D eigenvalue weighted by Crippen LogP contribution is -2.36. The molecule has 2 unspecified atom stereocenters. The van der Waals surface area contributed by atoms with Crippen molar-refractivity contribution in [3.05, 3.63) is 29.8 Å². The Morgan fingerprint density at radius 2 is 2.18 bits per heavy atom. The molecule has 0 amide bonds. The van der Waals surface area contributed by atoms with E-state index in [9.17, 15) is 0 Å². The van der Waals surface area contributed by atoms with E-state index < -0.39 is 0 Å². The van der Waals surface area contributed by atoms with Gasteiger partial charge in [-0.3, -0.25) is 0 Å². The number of para-hydroxylation sites is 1. The second kappa shape index (κ2) is 6.06. The molecule has 1 heterocycles. The van der Waals surface area contributed by atoms with E-state index in [0.717, 1.165) is 37.2 Å². The smallest absolute Gasteiger partial charge is 0.122 e. The third kappa shape index (κ3) is 3.22. The molecule has 17 heavy (non-hydrogen) atoms. The first-order chi connectivity index (χ1) is 8.31. The molecule has 2 nitrogen and oxygen atoms in total. The van der Waals surface area contributed by atoms with Crippen LogP contribution in [-0.2, 0) is 6.42 Å². The first-order valence-electron chi connectivity index (χ1n) is 6.72. The van der Waals surface area contributed by atoms with Gasteiger partial charge < -0.3 is 10.1 Å². The summed E-state index contributed by atoms with van der Waals surface area (Å²) in [6.45, 7) is 7.47. The molecule has 0 aromatic heterocycles. The van der Waals surface area contributed by atoms with E-state index in [-0.39, 0.29) is 0 Å². The van der Waals surface area contributed by atoms with Crippen molar-refractivity contribution in [3.63, 3.8) is 0 Å². The Kier molecular flexibility index (Phi) is 4.43. The van der Waals surface area contributed by atoms with E-state index in [1.54, 1.807) is 0 Å². The zero-order chi connectivity index (χ0) is 12.1. The Morgan fingerprint density at radius 1 is 1.35 bits per heavy atom. The van der Waals surface area contributed by atoms with Crippen molar-refractivity contribution in [2.24, 2.45) is 11.8 Å². The Morgan fingerprint density at radius 3 is 2.94 bits per heavy atom. The number of piperidine rings is 1. The van der Waals surface area contributed by atoms with Crippen LogP contribution in [0.2, 0.25) is 0 Å². The van der Waals surface area contributed by atoms with E-state index in [0.29, 0.717) is 0 Å². The molecule has 0 bridgehead atoms. The van der Waals surface area contributed by atoms with E-state index in [1.165, 1.54) is 18.5 Å². The SMILES string of the molecule is CCOc1ccccc1CC1CNCCC1C. The molecule has 1 aromatic rings. The highest BCUT2D eigenvalue weighted by atomic mass is 16.5. The van der Waals surface area contributed by atoms with Crippen molar-refractivity contribution in [1.29, 1.82) is 0 Å². The van der Waals surface area contributed by atoms with Crippen molar-refractivity contribution in [3.8, 4) is 5.75 Å². The average Bonchev–Trinajstić information content (AvgIpc) is 2.35. The molecule has 1 aromatic carbocycles. The summed E-state index contributed by atoms with van der Waals surface area (Å²) in [6.07, 6.45) is 2.42. The number of ether oxygens (including phenoxy) is 1. The van der Waals surface area contributed by atoms with Gasteiger partial charge in [0.1, 0.15) is 5.75 Å². The molecule has 1 N–H and O–H groups in total. The summed E-state index contributed by atoms with van der Waals surface area (Å²) in [5, 5.41) is 3.50. The van der Waals surface area contributed by atoms with Gasteiger partial charge in [-0.1, -0.05) is 25.1 Å². The summed E-state index contributed by atoms with van der Waals surface area (Å²) in [6, 6.07) is 8.45. The fourth-order valence-electron chi connectivity index (χ4n) is 2.58. The van der Waals surface area contributed by atoms with E-state index >= 15 is 0 Å². The topological polar surface area (TPSA) is 21.3 Å². The van der Waals surface area contributed by atoms with Gasteiger partial charge in [-0.05, 0) is 56.3 Å². The molecule has 1 fully saturated rings. The van der Waals surface area contributed by atoms with Gasteiger partial charge in [-0.25, -0.2) is 0 Å². The van der Waals surface area contributed by atoms with Crippen LogP contribution in [0.15, 0.2) is 24.3 Å². The molecule has 2 atom stereocenters. The minimum Gasteiger partial charge on any atom is -0.494 e. The van der Waals surface area contributed by atoms with Crippen LogP contribution >= 0.6 is 0 Å². The Bertz CT molecular complexity index is 351. The van der Waals surface area contributed by atoms with Gasteiger partial charge in [0, 0.05) is 0 Å². The van der Waals surface area contributed by atoms with E-state index in [1.807, 2.05) is 6.92 Å². The summed E-state index contributed by atoms with van der Waals surface area (Å²) >= 11 is 0. The molecule has 1 aliphatic rings. The summed E-state index contributed by atoms with van der Waals surface area (Å²) in [4.78, 5) is 0. The van der Waals surface area contributed by atoms with Crippen LogP contribution in [0.5, 0.6) is 5.75 Å². The quantitative estimate of drug-likeness (QED) is 0.863. The van der Waals surface area contributed by atoms with Gasteiger partial charge in [-0.2, -0.15) is 0 Å². The van der Waals surface area contributed by atoms with Crippen LogP contribution < -0.4 is 10.1 Å². The number of nitrogens with one attached hydrogen (secondary N) is 1. The monoisotopic (exact) mass is 233 g/mol. The molecule has 0 aliphatic carbocycles. The molecule has 2 heteroatoms. The van der Waals surface area contributed by atoms with Crippen LogP contribution in [-0.4, -0.2) is 19.7 Å². The highest BCUT2D eigenvalue weighted by Crippen LogP contribution is 2.27. The second-order valence-corrected chi connectivity index (χ2v) is 4.98. The highest BCUT2D eigenvalue weighted by Gasteiger charge is 2.22. The van der Waals surface area contributed by atoms with Gasteiger partial charge in [-0.15, -0.1) is 0 Å². The second-order valence-electron chi connectivity index (χ2n) is 4.98. The normalized spacial score (nSPS) is 24.6. The standard InChI is InChI=1S/C15H23NO/c1-3-17-15-7-5-4-6-13(15)10-14-11-16-9-8-12(14)2/h4-7,12,14,16H,3,8-11H2,1-2H3. The summed E-state index contributed by atoms with van der Waals surface area (Å²) in [5.41, 5.74) is 1.36. The van der Waals surface area contributed by atoms with Crippen molar-refractivity contribution in [1.82, 2.24) is 5.32 Å². The molecule has 2 rings (SSSR count). The van der Waals surface area contributed by atoms with Crippen molar-refractivity contribution < 1.29 is 4.74 Å². The minimum atomic E-state index is 0.741. The van der Waals surface area contributed by atoms with Crippen molar-refractivity contribution in [2.75, 3.05) is 19.7 Å². The maximum atomic E-state index is 5.69. The molecular weight excluding hydrogens is 210 g/mol. The van der Waals surface area contributed by atoms with Gasteiger partial charge in [0.2, 0.25) is 0 Å². The van der Waals surface area contributed by atoms with Crippen LogP contribution in [0.25, 0.3) is 0 Å². The molecular formula is C15H23NO. The number of hydrogen-bond acceptors (Lipinski definition) is 2. The summed E-state index contributed by atoms with van der Waals surface area (Å²) < 4.78 is 5.69. The number of benzene rings is 1. The van der Waals surface area contributed by atoms with E-state index in [4.69, 9.17) is 4.74 Å². The Hall–Kier alpha value is -1.02. The zero-order valence-corrected chi connectivity index (χ0v) is 10.9. The van der Waals surface area contributed by atoms with E-state index in [2.05, 4.69) is 36.5 Å². The Balaban J connectivity index is 2.06. The third-order valence-electron chi connectivity index (χ3n) is 3.74. The van der Waals surface area contributed by atoms with Crippen molar-refractivity contribution in [2.45, 2.75) is 26.7 Å².